The van der Waals surface area contributed by atoms with Crippen LogP contribution < -0.4 is 5.32 Å². The first-order valence-electron chi connectivity index (χ1n) is 7.27. The molecule has 1 aromatic rings. The van der Waals surface area contributed by atoms with E-state index in [1.165, 1.54) is 44.9 Å². The Morgan fingerprint density at radius 2 is 2.29 bits per heavy atom. The van der Waals surface area contributed by atoms with Crippen molar-refractivity contribution in [2.24, 2.45) is 0 Å². The molecule has 0 saturated heterocycles. The van der Waals surface area contributed by atoms with Crippen molar-refractivity contribution in [3.05, 3.63) is 35.1 Å². The molecule has 0 heterocycles. The van der Waals surface area contributed by atoms with Gasteiger partial charge in [0.15, 0.2) is 0 Å². The second-order valence-corrected chi connectivity index (χ2v) is 6.55. The molecule has 116 valence electrons. The lowest BCUT2D eigenvalue weighted by molar-refractivity contribution is 0.0595. The molecule has 5 heteroatoms. The van der Waals surface area contributed by atoms with E-state index in [0.717, 1.165) is 10.8 Å². The molecule has 3 nitrogen and oxygen atoms in total. The first kappa shape index (κ1) is 16.3. The number of nitrogens with one attached hydrogen (secondary N) is 1. The molecular weight excluding hydrogens is 289 g/mol. The van der Waals surface area contributed by atoms with Crippen LogP contribution in [0.15, 0.2) is 18.2 Å². The maximum atomic E-state index is 13.8. The number of hydrogen-bond acceptors (Lipinski definition) is 4. The van der Waals surface area contributed by atoms with Gasteiger partial charge in [-0.1, -0.05) is 12.5 Å². The van der Waals surface area contributed by atoms with Crippen LogP contribution in [-0.2, 0) is 11.3 Å². The summed E-state index contributed by atoms with van der Waals surface area (Å²) < 4.78 is 18.4. The Hall–Kier alpha value is -1.07. The third-order valence-electron chi connectivity index (χ3n) is 3.99. The van der Waals surface area contributed by atoms with Gasteiger partial charge in [0.25, 0.3) is 0 Å². The van der Waals surface area contributed by atoms with Crippen LogP contribution in [0.25, 0.3) is 0 Å². The van der Waals surface area contributed by atoms with Gasteiger partial charge in [-0.15, -0.1) is 0 Å². The summed E-state index contributed by atoms with van der Waals surface area (Å²) in [5.74, 6) is -1.16. The van der Waals surface area contributed by atoms with Crippen LogP contribution in [0.3, 0.4) is 0 Å². The molecule has 1 saturated carbocycles. The van der Waals surface area contributed by atoms with Crippen LogP contribution in [0.1, 0.15) is 41.6 Å². The van der Waals surface area contributed by atoms with Crippen molar-refractivity contribution in [1.82, 2.24) is 5.32 Å². The second-order valence-electron chi connectivity index (χ2n) is 5.41. The summed E-state index contributed by atoms with van der Waals surface area (Å²) in [6, 6.07) is 5.18. The molecule has 0 spiro atoms. The van der Waals surface area contributed by atoms with E-state index in [9.17, 15) is 9.18 Å². The molecule has 21 heavy (non-hydrogen) atoms. The summed E-state index contributed by atoms with van der Waals surface area (Å²) in [5, 5.41) is 4.23. The number of ether oxygens (including phenoxy) is 1. The third-order valence-corrected chi connectivity index (χ3v) is 5.09. The van der Waals surface area contributed by atoms with E-state index in [4.69, 9.17) is 0 Å². The van der Waals surface area contributed by atoms with Crippen molar-refractivity contribution in [2.75, 3.05) is 13.4 Å². The Labute approximate surface area is 129 Å². The minimum Gasteiger partial charge on any atom is -0.465 e. The smallest absolute Gasteiger partial charge is 0.340 e. The van der Waals surface area contributed by atoms with E-state index in [0.29, 0.717) is 12.6 Å². The Bertz CT molecular complexity index is 495. The number of carbonyl (C=O) groups excluding carboxylic acids is 1. The fourth-order valence-electron chi connectivity index (χ4n) is 2.75. The summed E-state index contributed by atoms with van der Waals surface area (Å²) in [4.78, 5) is 11.3. The monoisotopic (exact) mass is 311 g/mol. The quantitative estimate of drug-likeness (QED) is 0.846. The zero-order chi connectivity index (χ0) is 15.2. The Morgan fingerprint density at radius 3 is 2.95 bits per heavy atom. The van der Waals surface area contributed by atoms with E-state index in [-0.39, 0.29) is 5.56 Å². The normalized spacial score (nSPS) is 22.0. The van der Waals surface area contributed by atoms with E-state index < -0.39 is 11.8 Å². The van der Waals surface area contributed by atoms with E-state index >= 15 is 0 Å². The lowest BCUT2D eigenvalue weighted by Gasteiger charge is -2.28. The zero-order valence-corrected chi connectivity index (χ0v) is 13.3. The van der Waals surface area contributed by atoms with Gasteiger partial charge in [-0.2, -0.15) is 11.8 Å². The van der Waals surface area contributed by atoms with Crippen molar-refractivity contribution >= 4 is 17.7 Å². The predicted octanol–water partition coefficient (Wildman–Crippen LogP) is 3.38. The molecule has 0 radical (unpaired) electrons. The molecule has 2 rings (SSSR count). The Balaban J connectivity index is 1.91. The lowest BCUT2D eigenvalue weighted by atomic mass is 9.95. The standard InChI is InChI=1S/C16H22FNO2S/c1-20-16(19)14-7-6-11(8-15(14)17)10-18-12-4-3-5-13(9-12)21-2/h6-8,12-13,18H,3-5,9-10H2,1-2H3. The molecular formula is C16H22FNO2S. The lowest BCUT2D eigenvalue weighted by Crippen LogP contribution is -2.34. The van der Waals surface area contributed by atoms with Gasteiger partial charge >= 0.3 is 5.97 Å². The summed E-state index contributed by atoms with van der Waals surface area (Å²) >= 11 is 1.93. The number of halogens is 1. The highest BCUT2D eigenvalue weighted by molar-refractivity contribution is 7.99. The van der Waals surface area contributed by atoms with Gasteiger partial charge in [0.2, 0.25) is 0 Å². The van der Waals surface area contributed by atoms with Gasteiger partial charge < -0.3 is 10.1 Å². The first-order valence-corrected chi connectivity index (χ1v) is 8.55. The average Bonchev–Trinajstić information content (AvgIpc) is 2.52. The van der Waals surface area contributed by atoms with Crippen molar-refractivity contribution in [3.63, 3.8) is 0 Å². The summed E-state index contributed by atoms with van der Waals surface area (Å²) in [7, 11) is 1.25. The largest absolute Gasteiger partial charge is 0.465 e. The van der Waals surface area contributed by atoms with Gasteiger partial charge in [0.1, 0.15) is 5.82 Å². The van der Waals surface area contributed by atoms with Crippen LogP contribution >= 0.6 is 11.8 Å². The van der Waals surface area contributed by atoms with Gasteiger partial charge in [-0.05, 0) is 43.2 Å². The molecule has 0 amide bonds. The molecule has 2 atom stereocenters. The molecule has 0 aliphatic heterocycles. The SMILES string of the molecule is COC(=O)c1ccc(CNC2CCCC(SC)C2)cc1F. The molecule has 0 aromatic heterocycles. The number of rotatable bonds is 5. The van der Waals surface area contributed by atoms with Crippen LogP contribution in [0.4, 0.5) is 4.39 Å². The average molecular weight is 311 g/mol. The maximum Gasteiger partial charge on any atom is 0.340 e. The number of carbonyl (C=O) groups is 1. The van der Waals surface area contributed by atoms with Crippen molar-refractivity contribution in [3.8, 4) is 0 Å². The van der Waals surface area contributed by atoms with Crippen LogP contribution in [0.2, 0.25) is 0 Å². The molecule has 2 unspecified atom stereocenters. The number of esters is 1. The molecule has 1 N–H and O–H groups in total. The number of thioether (sulfide) groups is 1. The zero-order valence-electron chi connectivity index (χ0n) is 12.5. The molecule has 1 aliphatic rings. The second kappa shape index (κ2) is 7.80. The Kier molecular flexibility index (Phi) is 6.06. The van der Waals surface area contributed by atoms with Crippen LogP contribution in [-0.4, -0.2) is 30.6 Å². The fraction of sp³-hybridized carbons (Fsp3) is 0.562. The maximum absolute atomic E-state index is 13.8. The summed E-state index contributed by atoms with van der Waals surface area (Å²) in [6.07, 6.45) is 7.05. The Morgan fingerprint density at radius 1 is 1.48 bits per heavy atom. The summed E-state index contributed by atoms with van der Waals surface area (Å²) in [6.45, 7) is 0.629. The van der Waals surface area contributed by atoms with Crippen molar-refractivity contribution in [1.29, 1.82) is 0 Å². The first-order chi connectivity index (χ1) is 10.1. The van der Waals surface area contributed by atoms with E-state index in [1.807, 2.05) is 11.8 Å². The highest BCUT2D eigenvalue weighted by Gasteiger charge is 2.21. The number of methoxy groups -OCH3 is 1. The van der Waals surface area contributed by atoms with Crippen molar-refractivity contribution < 1.29 is 13.9 Å². The number of hydrogen-bond donors (Lipinski definition) is 1. The van der Waals surface area contributed by atoms with Gasteiger partial charge in [0, 0.05) is 17.8 Å². The highest BCUT2D eigenvalue weighted by Crippen LogP contribution is 2.27. The number of benzene rings is 1. The molecule has 0 bridgehead atoms. The van der Waals surface area contributed by atoms with Gasteiger partial charge in [0.05, 0.1) is 12.7 Å². The van der Waals surface area contributed by atoms with Crippen LogP contribution in [0.5, 0.6) is 0 Å². The molecule has 1 aliphatic carbocycles. The van der Waals surface area contributed by atoms with Crippen LogP contribution in [0, 0.1) is 5.82 Å². The van der Waals surface area contributed by atoms with E-state index in [2.05, 4.69) is 16.3 Å². The minimum atomic E-state index is -0.637. The fourth-order valence-corrected chi connectivity index (χ4v) is 3.58. The highest BCUT2D eigenvalue weighted by atomic mass is 32.2. The van der Waals surface area contributed by atoms with E-state index in [1.54, 1.807) is 6.07 Å². The van der Waals surface area contributed by atoms with Crippen molar-refractivity contribution in [2.45, 2.75) is 43.5 Å². The molecule has 1 aromatic carbocycles. The summed E-state index contributed by atoms with van der Waals surface area (Å²) in [5.41, 5.74) is 0.841. The minimum absolute atomic E-state index is 0.0126. The molecule has 1 fully saturated rings. The van der Waals surface area contributed by atoms with Gasteiger partial charge in [-0.3, -0.25) is 0 Å². The predicted molar refractivity (Wildman–Crippen MR) is 84.1 cm³/mol. The topological polar surface area (TPSA) is 38.3 Å². The van der Waals surface area contributed by atoms with Gasteiger partial charge in [-0.25, -0.2) is 9.18 Å². The third kappa shape index (κ3) is 4.45.